The molecular weight excluding hydrogens is 190 g/mol. The number of hydrogen-bond acceptors (Lipinski definition) is 3. The van der Waals surface area contributed by atoms with E-state index in [4.69, 9.17) is 0 Å². The summed E-state index contributed by atoms with van der Waals surface area (Å²) in [5.41, 5.74) is 0. The molecule has 0 aliphatic carbocycles. The molecule has 0 aromatic carbocycles. The fraction of sp³-hybridized carbons (Fsp3) is 0.909. The van der Waals surface area contributed by atoms with Gasteiger partial charge >= 0.3 is 0 Å². The van der Waals surface area contributed by atoms with E-state index in [-0.39, 0.29) is 5.92 Å². The number of piperidine rings is 1. The number of nitrogens with one attached hydrogen (secondary N) is 2. The molecule has 3 saturated heterocycles. The summed E-state index contributed by atoms with van der Waals surface area (Å²) in [6.07, 6.45) is 2.40. The molecule has 15 heavy (non-hydrogen) atoms. The van der Waals surface area contributed by atoms with Crippen molar-refractivity contribution in [1.82, 2.24) is 15.5 Å². The molecule has 3 rings (SSSR count). The Morgan fingerprint density at radius 2 is 2.13 bits per heavy atom. The Labute approximate surface area is 90.4 Å². The van der Waals surface area contributed by atoms with Gasteiger partial charge in [-0.3, -0.25) is 4.79 Å². The van der Waals surface area contributed by atoms with Crippen LogP contribution in [0.25, 0.3) is 0 Å². The molecule has 2 unspecified atom stereocenters. The third-order valence-electron chi connectivity index (χ3n) is 4.10. The highest BCUT2D eigenvalue weighted by Gasteiger charge is 2.37. The normalized spacial score (nSPS) is 36.1. The molecule has 2 atom stereocenters. The average Bonchev–Trinajstić information content (AvgIpc) is 2.61. The fourth-order valence-corrected chi connectivity index (χ4v) is 2.97. The highest BCUT2D eigenvalue weighted by molar-refractivity contribution is 5.80. The molecule has 0 aromatic rings. The van der Waals surface area contributed by atoms with E-state index >= 15 is 0 Å². The maximum Gasteiger partial charge on any atom is 0.228 e. The molecule has 3 fully saturated rings. The molecule has 0 spiro atoms. The summed E-state index contributed by atoms with van der Waals surface area (Å²) >= 11 is 0. The van der Waals surface area contributed by atoms with Crippen molar-refractivity contribution in [2.24, 2.45) is 11.8 Å². The second kappa shape index (κ2) is 3.76. The van der Waals surface area contributed by atoms with Gasteiger partial charge in [-0.2, -0.15) is 0 Å². The van der Waals surface area contributed by atoms with Crippen LogP contribution in [0.2, 0.25) is 0 Å². The molecule has 2 N–H and O–H groups in total. The van der Waals surface area contributed by atoms with Gasteiger partial charge in [0.2, 0.25) is 5.91 Å². The molecule has 0 radical (unpaired) electrons. The molecule has 4 heteroatoms. The second-order valence-electron chi connectivity index (χ2n) is 5.04. The molecule has 84 valence electrons. The van der Waals surface area contributed by atoms with Gasteiger partial charge in [-0.05, 0) is 25.3 Å². The van der Waals surface area contributed by atoms with Gasteiger partial charge in [0.15, 0.2) is 0 Å². The maximum absolute atomic E-state index is 12.0. The van der Waals surface area contributed by atoms with Gasteiger partial charge in [0.25, 0.3) is 0 Å². The van der Waals surface area contributed by atoms with Crippen molar-refractivity contribution in [3.05, 3.63) is 0 Å². The third kappa shape index (κ3) is 1.66. The van der Waals surface area contributed by atoms with Gasteiger partial charge in [0, 0.05) is 32.2 Å². The van der Waals surface area contributed by atoms with Crippen LogP contribution in [0.1, 0.15) is 12.8 Å². The smallest absolute Gasteiger partial charge is 0.228 e. The number of nitrogens with zero attached hydrogens (tertiary/aromatic N) is 1. The van der Waals surface area contributed by atoms with Gasteiger partial charge < -0.3 is 15.5 Å². The Bertz CT molecular complexity index is 265. The molecule has 1 amide bonds. The zero-order valence-corrected chi connectivity index (χ0v) is 9.04. The number of likely N-dealkylation sites (tertiary alicyclic amines) is 1. The van der Waals surface area contributed by atoms with Crippen molar-refractivity contribution in [2.45, 2.75) is 18.9 Å². The quantitative estimate of drug-likeness (QED) is 0.607. The number of amides is 1. The van der Waals surface area contributed by atoms with Gasteiger partial charge in [-0.25, -0.2) is 0 Å². The minimum atomic E-state index is 0.274. The van der Waals surface area contributed by atoms with Crippen molar-refractivity contribution in [2.75, 3.05) is 32.7 Å². The second-order valence-corrected chi connectivity index (χ2v) is 5.04. The predicted molar refractivity (Wildman–Crippen MR) is 57.5 cm³/mol. The van der Waals surface area contributed by atoms with Crippen molar-refractivity contribution >= 4 is 5.91 Å². The van der Waals surface area contributed by atoms with E-state index in [0.29, 0.717) is 11.9 Å². The van der Waals surface area contributed by atoms with E-state index in [1.54, 1.807) is 0 Å². The van der Waals surface area contributed by atoms with E-state index in [0.717, 1.165) is 45.1 Å². The number of carbonyl (C=O) groups is 1. The van der Waals surface area contributed by atoms with Crippen LogP contribution in [0.15, 0.2) is 0 Å². The number of rotatable bonds is 1. The largest absolute Gasteiger partial charge is 0.342 e. The van der Waals surface area contributed by atoms with E-state index in [1.807, 2.05) is 0 Å². The van der Waals surface area contributed by atoms with Crippen molar-refractivity contribution in [1.29, 1.82) is 0 Å². The SMILES string of the molecule is O=C(C1CNC1)N1CCC2NCCC2C1. The Morgan fingerprint density at radius 3 is 2.87 bits per heavy atom. The molecule has 3 heterocycles. The number of hydrogen-bond donors (Lipinski definition) is 2. The van der Waals surface area contributed by atoms with Crippen molar-refractivity contribution in [3.8, 4) is 0 Å². The first-order chi connectivity index (χ1) is 7.34. The monoisotopic (exact) mass is 209 g/mol. The van der Waals surface area contributed by atoms with Gasteiger partial charge in [-0.15, -0.1) is 0 Å². The lowest BCUT2D eigenvalue weighted by Gasteiger charge is -2.38. The molecule has 0 aromatic heterocycles. The van der Waals surface area contributed by atoms with E-state index < -0.39 is 0 Å². The summed E-state index contributed by atoms with van der Waals surface area (Å²) in [6.45, 7) is 4.88. The predicted octanol–water partition coefficient (Wildman–Crippen LogP) is -0.584. The van der Waals surface area contributed by atoms with Gasteiger partial charge in [-0.1, -0.05) is 0 Å². The van der Waals surface area contributed by atoms with Crippen LogP contribution in [0.5, 0.6) is 0 Å². The zero-order valence-electron chi connectivity index (χ0n) is 9.04. The standard InChI is InChI=1S/C11H19N3O/c15-11(9-5-12-6-9)14-4-2-10-8(7-14)1-3-13-10/h8-10,12-13H,1-7H2. The molecule has 0 saturated carbocycles. The average molecular weight is 209 g/mol. The first kappa shape index (κ1) is 9.60. The minimum Gasteiger partial charge on any atom is -0.342 e. The van der Waals surface area contributed by atoms with Crippen LogP contribution in [-0.2, 0) is 4.79 Å². The van der Waals surface area contributed by atoms with Crippen molar-refractivity contribution in [3.63, 3.8) is 0 Å². The lowest BCUT2D eigenvalue weighted by molar-refractivity contribution is -0.139. The summed E-state index contributed by atoms with van der Waals surface area (Å²) in [7, 11) is 0. The van der Waals surface area contributed by atoms with Crippen LogP contribution < -0.4 is 10.6 Å². The van der Waals surface area contributed by atoms with Crippen LogP contribution in [0.4, 0.5) is 0 Å². The Morgan fingerprint density at radius 1 is 1.27 bits per heavy atom. The molecule has 0 bridgehead atoms. The van der Waals surface area contributed by atoms with E-state index in [1.165, 1.54) is 6.42 Å². The lowest BCUT2D eigenvalue weighted by atomic mass is 9.91. The van der Waals surface area contributed by atoms with Crippen LogP contribution in [0.3, 0.4) is 0 Å². The minimum absolute atomic E-state index is 0.274. The zero-order chi connectivity index (χ0) is 10.3. The first-order valence-corrected chi connectivity index (χ1v) is 6.07. The molecule has 3 aliphatic rings. The van der Waals surface area contributed by atoms with Crippen LogP contribution >= 0.6 is 0 Å². The Kier molecular flexibility index (Phi) is 2.41. The summed E-state index contributed by atoms with van der Waals surface area (Å²) in [5, 5.41) is 6.69. The van der Waals surface area contributed by atoms with Gasteiger partial charge in [0.1, 0.15) is 0 Å². The third-order valence-corrected chi connectivity index (χ3v) is 4.10. The maximum atomic E-state index is 12.0. The first-order valence-electron chi connectivity index (χ1n) is 6.07. The van der Waals surface area contributed by atoms with E-state index in [2.05, 4.69) is 15.5 Å². The Balaban J connectivity index is 1.60. The summed E-state index contributed by atoms with van der Waals surface area (Å²) < 4.78 is 0. The summed E-state index contributed by atoms with van der Waals surface area (Å²) in [5.74, 6) is 1.38. The number of carbonyl (C=O) groups excluding carboxylic acids is 1. The Hall–Kier alpha value is -0.610. The van der Waals surface area contributed by atoms with Crippen LogP contribution in [0, 0.1) is 11.8 Å². The number of fused-ring (bicyclic) bond motifs is 1. The van der Waals surface area contributed by atoms with Crippen LogP contribution in [-0.4, -0.2) is 49.6 Å². The fourth-order valence-electron chi connectivity index (χ4n) is 2.97. The highest BCUT2D eigenvalue weighted by atomic mass is 16.2. The molecular formula is C11H19N3O. The summed E-state index contributed by atoms with van der Waals surface area (Å²) in [4.78, 5) is 14.1. The van der Waals surface area contributed by atoms with E-state index in [9.17, 15) is 4.79 Å². The van der Waals surface area contributed by atoms with Gasteiger partial charge in [0.05, 0.1) is 5.92 Å². The lowest BCUT2D eigenvalue weighted by Crippen LogP contribution is -2.55. The topological polar surface area (TPSA) is 44.4 Å². The molecule has 4 nitrogen and oxygen atoms in total. The van der Waals surface area contributed by atoms with Crippen molar-refractivity contribution < 1.29 is 4.79 Å². The molecule has 3 aliphatic heterocycles. The summed E-state index contributed by atoms with van der Waals surface area (Å²) in [6, 6.07) is 0.688. The highest BCUT2D eigenvalue weighted by Crippen LogP contribution is 2.25.